The molecule has 0 saturated heterocycles. The SMILES string of the molecule is CC(=O)Nc1ccc2nc(/C=C/c3cccc([N+](=O)[O-])c3)c(/C=C/c3cccc([N+](=O)[O-])c3)nc2c1. The Kier molecular flexibility index (Phi) is 6.87. The van der Waals surface area contributed by atoms with Crippen LogP contribution in [-0.2, 0) is 4.79 Å². The number of carbonyl (C=O) groups excluding carboxylic acids is 1. The summed E-state index contributed by atoms with van der Waals surface area (Å²) in [6.45, 7) is 1.41. The molecule has 1 amide bonds. The van der Waals surface area contributed by atoms with Gasteiger partial charge in [0.1, 0.15) is 0 Å². The fourth-order valence-corrected chi connectivity index (χ4v) is 3.44. The zero-order valence-electron chi connectivity index (χ0n) is 19.0. The minimum absolute atomic E-state index is 0.0296. The third-order valence-electron chi connectivity index (χ3n) is 5.07. The molecule has 1 aromatic heterocycles. The van der Waals surface area contributed by atoms with Gasteiger partial charge >= 0.3 is 0 Å². The van der Waals surface area contributed by atoms with E-state index in [1.165, 1.54) is 31.2 Å². The molecule has 4 rings (SSSR count). The summed E-state index contributed by atoms with van der Waals surface area (Å²) in [6, 6.07) is 17.5. The van der Waals surface area contributed by atoms with E-state index in [2.05, 4.69) is 15.3 Å². The van der Waals surface area contributed by atoms with Crippen LogP contribution in [0, 0.1) is 20.2 Å². The number of aromatic nitrogens is 2. The second kappa shape index (κ2) is 10.3. The van der Waals surface area contributed by atoms with Crippen molar-refractivity contribution in [1.29, 1.82) is 0 Å². The van der Waals surface area contributed by atoms with Crippen LogP contribution in [0.1, 0.15) is 29.4 Å². The molecule has 10 nitrogen and oxygen atoms in total. The first kappa shape index (κ1) is 23.9. The quantitative estimate of drug-likeness (QED) is 0.262. The van der Waals surface area contributed by atoms with Crippen LogP contribution in [0.3, 0.4) is 0 Å². The highest BCUT2D eigenvalue weighted by atomic mass is 16.6. The molecule has 36 heavy (non-hydrogen) atoms. The fourth-order valence-electron chi connectivity index (χ4n) is 3.44. The number of hydrogen-bond acceptors (Lipinski definition) is 7. The van der Waals surface area contributed by atoms with Crippen molar-refractivity contribution >= 4 is 58.3 Å². The zero-order valence-corrected chi connectivity index (χ0v) is 19.0. The third-order valence-corrected chi connectivity index (χ3v) is 5.07. The molecule has 0 radical (unpaired) electrons. The monoisotopic (exact) mass is 481 g/mol. The molecular weight excluding hydrogens is 462 g/mol. The van der Waals surface area contributed by atoms with Gasteiger partial charge in [-0.2, -0.15) is 0 Å². The first-order valence-electron chi connectivity index (χ1n) is 10.7. The number of anilines is 1. The number of nitro groups is 2. The van der Waals surface area contributed by atoms with E-state index < -0.39 is 9.85 Å². The summed E-state index contributed by atoms with van der Waals surface area (Å²) in [5.41, 5.74) is 3.79. The van der Waals surface area contributed by atoms with Gasteiger partial charge in [-0.25, -0.2) is 9.97 Å². The smallest absolute Gasteiger partial charge is 0.270 e. The summed E-state index contributed by atoms with van der Waals surface area (Å²) in [4.78, 5) is 42.0. The Morgan fingerprint density at radius 3 is 1.78 bits per heavy atom. The number of carbonyl (C=O) groups is 1. The molecule has 0 spiro atoms. The first-order valence-corrected chi connectivity index (χ1v) is 10.7. The normalized spacial score (nSPS) is 11.2. The predicted molar refractivity (Wildman–Crippen MR) is 138 cm³/mol. The number of fused-ring (bicyclic) bond motifs is 1. The van der Waals surface area contributed by atoms with Crippen LogP contribution in [0.2, 0.25) is 0 Å². The van der Waals surface area contributed by atoms with Gasteiger partial charge in [0.2, 0.25) is 5.91 Å². The Bertz CT molecular complexity index is 1560. The van der Waals surface area contributed by atoms with Crippen molar-refractivity contribution < 1.29 is 14.6 Å². The molecule has 0 aliphatic heterocycles. The van der Waals surface area contributed by atoms with Crippen molar-refractivity contribution in [1.82, 2.24) is 9.97 Å². The largest absolute Gasteiger partial charge is 0.326 e. The van der Waals surface area contributed by atoms with E-state index >= 15 is 0 Å². The summed E-state index contributed by atoms with van der Waals surface area (Å²) in [5, 5.41) is 24.9. The molecule has 0 saturated carbocycles. The highest BCUT2D eigenvalue weighted by Crippen LogP contribution is 2.22. The van der Waals surface area contributed by atoms with Crippen molar-refractivity contribution in [3.8, 4) is 0 Å². The van der Waals surface area contributed by atoms with Gasteiger partial charge in [0.25, 0.3) is 11.4 Å². The van der Waals surface area contributed by atoms with E-state index in [-0.39, 0.29) is 17.3 Å². The van der Waals surface area contributed by atoms with Gasteiger partial charge in [0.05, 0.1) is 32.3 Å². The molecule has 0 fully saturated rings. The van der Waals surface area contributed by atoms with Gasteiger partial charge in [0.15, 0.2) is 0 Å². The van der Waals surface area contributed by atoms with Crippen LogP contribution < -0.4 is 5.32 Å². The highest BCUT2D eigenvalue weighted by molar-refractivity contribution is 5.92. The number of benzene rings is 3. The maximum Gasteiger partial charge on any atom is 0.270 e. The van der Waals surface area contributed by atoms with Crippen LogP contribution in [-0.4, -0.2) is 25.7 Å². The van der Waals surface area contributed by atoms with Gasteiger partial charge in [-0.1, -0.05) is 36.4 Å². The molecule has 4 aromatic rings. The summed E-state index contributed by atoms with van der Waals surface area (Å²) in [5.74, 6) is -0.218. The van der Waals surface area contributed by atoms with Crippen LogP contribution in [0.25, 0.3) is 35.3 Å². The lowest BCUT2D eigenvalue weighted by atomic mass is 10.1. The lowest BCUT2D eigenvalue weighted by Crippen LogP contribution is -2.05. The highest BCUT2D eigenvalue weighted by Gasteiger charge is 2.09. The Morgan fingerprint density at radius 2 is 1.28 bits per heavy atom. The Balaban J connectivity index is 1.78. The summed E-state index contributed by atoms with van der Waals surface area (Å²) in [6.07, 6.45) is 6.76. The average molecular weight is 481 g/mol. The van der Waals surface area contributed by atoms with Crippen molar-refractivity contribution in [2.24, 2.45) is 0 Å². The Morgan fingerprint density at radius 1 is 0.750 bits per heavy atom. The summed E-state index contributed by atoms with van der Waals surface area (Å²) in [7, 11) is 0. The van der Waals surface area contributed by atoms with Crippen LogP contribution in [0.5, 0.6) is 0 Å². The first-order chi connectivity index (χ1) is 17.3. The Labute approximate surface area is 204 Å². The standard InChI is InChI=1S/C26H19N5O5/c1-17(32)27-20-10-13-25-26(16-20)29-24(12-9-19-5-3-7-22(15-19)31(35)36)23(28-25)11-8-18-4-2-6-21(14-18)30(33)34/h2-16H,1H3,(H,27,32)/b11-8+,12-9+. The van der Waals surface area contributed by atoms with Gasteiger partial charge < -0.3 is 5.32 Å². The number of rotatable bonds is 7. The lowest BCUT2D eigenvalue weighted by molar-refractivity contribution is -0.385. The van der Waals surface area contributed by atoms with Crippen LogP contribution in [0.4, 0.5) is 17.1 Å². The molecule has 3 aromatic carbocycles. The van der Waals surface area contributed by atoms with E-state index in [1.807, 2.05) is 0 Å². The molecule has 0 bridgehead atoms. The number of nitro benzene ring substituents is 2. The van der Waals surface area contributed by atoms with E-state index in [4.69, 9.17) is 0 Å². The van der Waals surface area contributed by atoms with Crippen molar-refractivity contribution in [2.75, 3.05) is 5.32 Å². The van der Waals surface area contributed by atoms with Gasteiger partial charge in [-0.3, -0.25) is 25.0 Å². The molecule has 0 atom stereocenters. The molecular formula is C26H19N5O5. The molecule has 0 unspecified atom stereocenters. The fraction of sp³-hybridized carbons (Fsp3) is 0.0385. The molecule has 0 aliphatic carbocycles. The second-order valence-electron chi connectivity index (χ2n) is 7.75. The molecule has 1 heterocycles. The van der Waals surface area contributed by atoms with E-state index in [0.717, 1.165) is 0 Å². The van der Waals surface area contributed by atoms with E-state index in [1.54, 1.807) is 66.8 Å². The maximum atomic E-state index is 11.4. The molecule has 1 N–H and O–H groups in total. The summed E-state index contributed by atoms with van der Waals surface area (Å²) >= 11 is 0. The molecule has 0 aliphatic rings. The number of nitrogens with zero attached hydrogens (tertiary/aromatic N) is 4. The van der Waals surface area contributed by atoms with E-state index in [0.29, 0.717) is 39.2 Å². The van der Waals surface area contributed by atoms with Crippen LogP contribution >= 0.6 is 0 Å². The van der Waals surface area contributed by atoms with Gasteiger partial charge in [0, 0.05) is 36.9 Å². The van der Waals surface area contributed by atoms with Crippen molar-refractivity contribution in [2.45, 2.75) is 6.92 Å². The van der Waals surface area contributed by atoms with Crippen molar-refractivity contribution in [3.63, 3.8) is 0 Å². The van der Waals surface area contributed by atoms with Gasteiger partial charge in [-0.05, 0) is 41.5 Å². The average Bonchev–Trinajstić information content (AvgIpc) is 2.86. The maximum absolute atomic E-state index is 11.4. The lowest BCUT2D eigenvalue weighted by Gasteiger charge is -2.07. The number of non-ortho nitro benzene ring substituents is 2. The minimum atomic E-state index is -0.468. The van der Waals surface area contributed by atoms with Crippen LogP contribution in [0.15, 0.2) is 66.7 Å². The second-order valence-corrected chi connectivity index (χ2v) is 7.75. The third kappa shape index (κ3) is 5.81. The topological polar surface area (TPSA) is 141 Å². The van der Waals surface area contributed by atoms with E-state index in [9.17, 15) is 25.0 Å². The zero-order chi connectivity index (χ0) is 25.7. The van der Waals surface area contributed by atoms with Crippen molar-refractivity contribution in [3.05, 3.63) is 109 Å². The summed E-state index contributed by atoms with van der Waals surface area (Å²) < 4.78 is 0. The van der Waals surface area contributed by atoms with Gasteiger partial charge in [-0.15, -0.1) is 0 Å². The number of amides is 1. The Hall–Kier alpha value is -5.25. The molecule has 10 heteroatoms. The number of nitrogens with one attached hydrogen (secondary N) is 1. The predicted octanol–water partition coefficient (Wildman–Crippen LogP) is 5.75. The minimum Gasteiger partial charge on any atom is -0.326 e. The molecule has 178 valence electrons. The number of hydrogen-bond donors (Lipinski definition) is 1.